The summed E-state index contributed by atoms with van der Waals surface area (Å²) < 4.78 is 5.71. The molecule has 0 radical (unpaired) electrons. The average molecular weight is 325 g/mol. The molecule has 2 fully saturated rings. The first kappa shape index (κ1) is 15.5. The van der Waals surface area contributed by atoms with Crippen LogP contribution < -0.4 is 15.0 Å². The monoisotopic (exact) mass is 325 g/mol. The number of piperidine rings is 1. The number of benzene rings is 1. The molecule has 4 rings (SSSR count). The van der Waals surface area contributed by atoms with E-state index in [9.17, 15) is 4.79 Å². The lowest BCUT2D eigenvalue weighted by molar-refractivity contribution is -0.125. The van der Waals surface area contributed by atoms with E-state index in [1.54, 1.807) is 7.11 Å². The van der Waals surface area contributed by atoms with Crippen molar-refractivity contribution < 1.29 is 9.53 Å². The lowest BCUT2D eigenvalue weighted by atomic mass is 9.91. The molecule has 1 N–H and O–H groups in total. The third-order valence-electron chi connectivity index (χ3n) is 5.90. The van der Waals surface area contributed by atoms with Gasteiger partial charge in [0.05, 0.1) is 25.3 Å². The molecule has 0 bridgehead atoms. The van der Waals surface area contributed by atoms with Gasteiger partial charge in [0.1, 0.15) is 5.75 Å². The van der Waals surface area contributed by atoms with Gasteiger partial charge in [0.15, 0.2) is 0 Å². The van der Waals surface area contributed by atoms with Crippen LogP contribution >= 0.6 is 0 Å². The van der Waals surface area contributed by atoms with Crippen LogP contribution in [0.4, 0.5) is 5.69 Å². The standard InChI is InChI=1S/C19H23N3O2/c1-12-16-13(11-21-14(16)4-8-20)10-15(17(12)24-2)22-9-3-5-19(6-7-19)18(22)23/h10,14,21H,3-7,9,11H2,1-2H3. The second kappa shape index (κ2) is 5.49. The van der Waals surface area contributed by atoms with Gasteiger partial charge >= 0.3 is 0 Å². The van der Waals surface area contributed by atoms with Crippen LogP contribution in [-0.2, 0) is 11.3 Å². The fraction of sp³-hybridized carbons (Fsp3) is 0.579. The maximum Gasteiger partial charge on any atom is 0.233 e. The van der Waals surface area contributed by atoms with E-state index in [2.05, 4.69) is 17.5 Å². The predicted molar refractivity (Wildman–Crippen MR) is 90.8 cm³/mol. The Balaban J connectivity index is 1.78. The van der Waals surface area contributed by atoms with Crippen molar-refractivity contribution in [3.63, 3.8) is 0 Å². The highest BCUT2D eigenvalue weighted by Gasteiger charge is 2.53. The summed E-state index contributed by atoms with van der Waals surface area (Å²) in [7, 11) is 1.67. The van der Waals surface area contributed by atoms with E-state index < -0.39 is 0 Å². The largest absolute Gasteiger partial charge is 0.494 e. The van der Waals surface area contributed by atoms with E-state index in [1.807, 2.05) is 11.8 Å². The molecule has 1 amide bonds. The van der Waals surface area contributed by atoms with Gasteiger partial charge < -0.3 is 15.0 Å². The van der Waals surface area contributed by atoms with Crippen molar-refractivity contribution in [2.75, 3.05) is 18.6 Å². The van der Waals surface area contributed by atoms with Crippen molar-refractivity contribution in [2.45, 2.75) is 51.6 Å². The molecule has 1 aromatic rings. The fourth-order valence-electron chi connectivity index (χ4n) is 4.47. The molecule has 1 aliphatic carbocycles. The zero-order valence-corrected chi connectivity index (χ0v) is 14.3. The summed E-state index contributed by atoms with van der Waals surface area (Å²) in [4.78, 5) is 14.9. The molecular formula is C19H23N3O2. The predicted octanol–water partition coefficient (Wildman–Crippen LogP) is 2.97. The lowest BCUT2D eigenvalue weighted by Crippen LogP contribution is -2.42. The molecule has 5 heteroatoms. The van der Waals surface area contributed by atoms with Gasteiger partial charge in [-0.1, -0.05) is 0 Å². The Morgan fingerprint density at radius 3 is 2.92 bits per heavy atom. The number of nitrogens with zero attached hydrogens (tertiary/aromatic N) is 2. The number of carbonyl (C=O) groups is 1. The smallest absolute Gasteiger partial charge is 0.233 e. The average Bonchev–Trinajstić information content (AvgIpc) is 3.24. The van der Waals surface area contributed by atoms with Gasteiger partial charge in [-0.25, -0.2) is 0 Å². The molecule has 1 saturated heterocycles. The molecular weight excluding hydrogens is 302 g/mol. The molecule has 1 aromatic carbocycles. The summed E-state index contributed by atoms with van der Waals surface area (Å²) in [5.41, 5.74) is 4.23. The number of hydrogen-bond acceptors (Lipinski definition) is 4. The van der Waals surface area contributed by atoms with E-state index in [4.69, 9.17) is 10.00 Å². The number of fused-ring (bicyclic) bond motifs is 1. The van der Waals surface area contributed by atoms with Crippen molar-refractivity contribution in [3.8, 4) is 11.8 Å². The van der Waals surface area contributed by atoms with Gasteiger partial charge in [0.2, 0.25) is 5.91 Å². The summed E-state index contributed by atoms with van der Waals surface area (Å²) in [6, 6.07) is 4.41. The Bertz CT molecular complexity index is 746. The molecule has 126 valence electrons. The van der Waals surface area contributed by atoms with Crippen LogP contribution in [0.2, 0.25) is 0 Å². The van der Waals surface area contributed by atoms with Crippen LogP contribution in [0.25, 0.3) is 0 Å². The van der Waals surface area contributed by atoms with Crippen molar-refractivity contribution in [1.29, 1.82) is 5.26 Å². The summed E-state index contributed by atoms with van der Waals surface area (Å²) in [5, 5.41) is 12.5. The summed E-state index contributed by atoms with van der Waals surface area (Å²) in [6.07, 6.45) is 4.59. The highest BCUT2D eigenvalue weighted by atomic mass is 16.5. The molecule has 0 aromatic heterocycles. The molecule has 5 nitrogen and oxygen atoms in total. The van der Waals surface area contributed by atoms with Crippen LogP contribution in [-0.4, -0.2) is 19.6 Å². The first-order valence-corrected chi connectivity index (χ1v) is 8.74. The van der Waals surface area contributed by atoms with Crippen LogP contribution in [0.15, 0.2) is 6.07 Å². The number of nitrogens with one attached hydrogen (secondary N) is 1. The molecule has 24 heavy (non-hydrogen) atoms. The fourth-order valence-corrected chi connectivity index (χ4v) is 4.47. The highest BCUT2D eigenvalue weighted by molar-refractivity contribution is 6.01. The zero-order chi connectivity index (χ0) is 16.9. The van der Waals surface area contributed by atoms with Gasteiger partial charge in [0, 0.05) is 24.5 Å². The van der Waals surface area contributed by atoms with E-state index in [0.717, 1.165) is 55.8 Å². The Kier molecular flexibility index (Phi) is 3.54. The second-order valence-electron chi connectivity index (χ2n) is 7.26. The summed E-state index contributed by atoms with van der Waals surface area (Å²) in [5.74, 6) is 1.05. The number of rotatable bonds is 3. The zero-order valence-electron chi connectivity index (χ0n) is 14.3. The summed E-state index contributed by atoms with van der Waals surface area (Å²) >= 11 is 0. The van der Waals surface area contributed by atoms with Gasteiger partial charge in [-0.3, -0.25) is 4.79 Å². The number of amides is 1. The molecule has 1 saturated carbocycles. The quantitative estimate of drug-likeness (QED) is 0.928. The molecule has 2 aliphatic heterocycles. The van der Waals surface area contributed by atoms with Crippen molar-refractivity contribution in [1.82, 2.24) is 5.32 Å². The van der Waals surface area contributed by atoms with E-state index in [-0.39, 0.29) is 17.4 Å². The normalized spacial score (nSPS) is 24.0. The Morgan fingerprint density at radius 1 is 1.46 bits per heavy atom. The van der Waals surface area contributed by atoms with Gasteiger partial charge in [-0.15, -0.1) is 0 Å². The van der Waals surface area contributed by atoms with Crippen LogP contribution in [0.3, 0.4) is 0 Å². The van der Waals surface area contributed by atoms with Gasteiger partial charge in [-0.2, -0.15) is 5.26 Å². The maximum atomic E-state index is 13.0. The van der Waals surface area contributed by atoms with Crippen molar-refractivity contribution in [3.05, 3.63) is 22.8 Å². The van der Waals surface area contributed by atoms with Gasteiger partial charge in [-0.05, 0) is 55.4 Å². The Hall–Kier alpha value is -2.06. The van der Waals surface area contributed by atoms with E-state index in [1.165, 1.54) is 11.1 Å². The third-order valence-corrected chi connectivity index (χ3v) is 5.90. The Morgan fingerprint density at radius 2 is 2.25 bits per heavy atom. The van der Waals surface area contributed by atoms with Crippen LogP contribution in [0, 0.1) is 23.7 Å². The van der Waals surface area contributed by atoms with Crippen LogP contribution in [0.1, 0.15) is 54.8 Å². The minimum absolute atomic E-state index is 0.0554. The van der Waals surface area contributed by atoms with Gasteiger partial charge in [0.25, 0.3) is 0 Å². The maximum absolute atomic E-state index is 13.0. The summed E-state index contributed by atoms with van der Waals surface area (Å²) in [6.45, 7) is 3.55. The first-order valence-electron chi connectivity index (χ1n) is 8.74. The number of hydrogen-bond donors (Lipinski definition) is 1. The Labute approximate surface area is 142 Å². The number of ether oxygens (including phenoxy) is 1. The topological polar surface area (TPSA) is 65.4 Å². The molecule has 2 heterocycles. The second-order valence-corrected chi connectivity index (χ2v) is 7.26. The minimum atomic E-state index is -0.0855. The number of nitriles is 1. The number of anilines is 1. The molecule has 3 aliphatic rings. The molecule has 1 spiro atoms. The first-order chi connectivity index (χ1) is 11.6. The number of methoxy groups -OCH3 is 1. The molecule has 1 unspecified atom stereocenters. The minimum Gasteiger partial charge on any atom is -0.494 e. The third kappa shape index (κ3) is 2.13. The SMILES string of the molecule is COc1c(N2CCCC3(CC3)C2=O)cc2c(c1C)C(CC#N)NC2. The van der Waals surface area contributed by atoms with E-state index >= 15 is 0 Å². The molecule has 1 atom stereocenters. The van der Waals surface area contributed by atoms with Crippen molar-refractivity contribution >= 4 is 11.6 Å². The lowest BCUT2D eigenvalue weighted by Gasteiger charge is -2.34. The highest BCUT2D eigenvalue weighted by Crippen LogP contribution is 2.54. The number of carbonyl (C=O) groups excluding carboxylic acids is 1. The van der Waals surface area contributed by atoms with Crippen LogP contribution in [0.5, 0.6) is 5.75 Å². The van der Waals surface area contributed by atoms with Crippen molar-refractivity contribution in [2.24, 2.45) is 5.41 Å². The van der Waals surface area contributed by atoms with E-state index in [0.29, 0.717) is 6.42 Å².